The van der Waals surface area contributed by atoms with Gasteiger partial charge in [0.1, 0.15) is 11.5 Å². The van der Waals surface area contributed by atoms with Crippen LogP contribution < -0.4 is 0 Å². The first kappa shape index (κ1) is 12.7. The molecule has 18 heavy (non-hydrogen) atoms. The average molecular weight is 240 g/mol. The number of unbranched alkanes of at least 4 members (excludes halogenated alkanes) is 1. The largest absolute Gasteiger partial charge is 0.465 e. The molecule has 0 aliphatic carbocycles. The number of rotatable bonds is 5. The van der Waals surface area contributed by atoms with E-state index in [0.717, 1.165) is 30.8 Å². The third-order valence-corrected chi connectivity index (χ3v) is 3.30. The van der Waals surface area contributed by atoms with Crippen molar-refractivity contribution in [3.8, 4) is 11.1 Å². The molecule has 1 heterocycles. The monoisotopic (exact) mass is 240 g/mol. The lowest BCUT2D eigenvalue weighted by molar-refractivity contribution is 0.476. The summed E-state index contributed by atoms with van der Waals surface area (Å²) in [7, 11) is 0. The molecule has 94 valence electrons. The Labute approximate surface area is 109 Å². The van der Waals surface area contributed by atoms with Gasteiger partial charge >= 0.3 is 0 Å². The Morgan fingerprint density at radius 3 is 2.56 bits per heavy atom. The van der Waals surface area contributed by atoms with Gasteiger partial charge in [0, 0.05) is 12.0 Å². The van der Waals surface area contributed by atoms with Crippen molar-refractivity contribution < 1.29 is 4.42 Å². The van der Waals surface area contributed by atoms with E-state index >= 15 is 0 Å². The van der Waals surface area contributed by atoms with Crippen LogP contribution in [0.4, 0.5) is 0 Å². The van der Waals surface area contributed by atoms with Gasteiger partial charge in [0.05, 0.1) is 0 Å². The molecule has 0 unspecified atom stereocenters. The van der Waals surface area contributed by atoms with Crippen LogP contribution in [0.3, 0.4) is 0 Å². The van der Waals surface area contributed by atoms with Gasteiger partial charge in [0.15, 0.2) is 0 Å². The second kappa shape index (κ2) is 5.72. The Kier molecular flexibility index (Phi) is 4.03. The summed E-state index contributed by atoms with van der Waals surface area (Å²) in [5.74, 6) is 2.14. The molecule has 0 amide bonds. The van der Waals surface area contributed by atoms with Crippen LogP contribution in [0, 0.1) is 13.8 Å². The van der Waals surface area contributed by atoms with Gasteiger partial charge in [-0.05, 0) is 37.8 Å². The van der Waals surface area contributed by atoms with Crippen molar-refractivity contribution in [3.05, 3.63) is 60.1 Å². The highest BCUT2D eigenvalue weighted by molar-refractivity contribution is 5.69. The SMILES string of the molecule is C=CCCCc1oc(C)c(-c2ccccc2)c1C. The first-order chi connectivity index (χ1) is 8.74. The first-order valence-electron chi connectivity index (χ1n) is 6.49. The lowest BCUT2D eigenvalue weighted by atomic mass is 10.0. The normalized spacial score (nSPS) is 10.6. The number of allylic oxidation sites excluding steroid dienone is 1. The zero-order chi connectivity index (χ0) is 13.0. The van der Waals surface area contributed by atoms with E-state index in [1.165, 1.54) is 16.7 Å². The van der Waals surface area contributed by atoms with E-state index in [1.54, 1.807) is 0 Å². The van der Waals surface area contributed by atoms with Gasteiger partial charge in [-0.2, -0.15) is 0 Å². The fourth-order valence-electron chi connectivity index (χ4n) is 2.39. The first-order valence-corrected chi connectivity index (χ1v) is 6.49. The minimum Gasteiger partial charge on any atom is -0.465 e. The number of hydrogen-bond donors (Lipinski definition) is 0. The molecular weight excluding hydrogens is 220 g/mol. The zero-order valence-electron chi connectivity index (χ0n) is 11.2. The van der Waals surface area contributed by atoms with Gasteiger partial charge in [-0.25, -0.2) is 0 Å². The summed E-state index contributed by atoms with van der Waals surface area (Å²) in [5.41, 5.74) is 3.78. The van der Waals surface area contributed by atoms with Gasteiger partial charge in [-0.3, -0.25) is 0 Å². The Balaban J connectivity index is 2.29. The molecular formula is C17H20O. The van der Waals surface area contributed by atoms with Gasteiger partial charge in [0.25, 0.3) is 0 Å². The average Bonchev–Trinajstić information content (AvgIpc) is 2.66. The Bertz CT molecular complexity index is 520. The molecule has 1 aromatic heterocycles. The van der Waals surface area contributed by atoms with Crippen molar-refractivity contribution in [2.75, 3.05) is 0 Å². The minimum absolute atomic E-state index is 0.992. The van der Waals surface area contributed by atoms with Crippen LogP contribution in [0.1, 0.15) is 29.9 Å². The molecule has 0 fully saturated rings. The molecule has 0 saturated carbocycles. The molecule has 2 rings (SSSR count). The molecule has 0 spiro atoms. The van der Waals surface area contributed by atoms with E-state index in [1.807, 2.05) is 19.1 Å². The molecule has 0 aliphatic rings. The predicted molar refractivity (Wildman–Crippen MR) is 76.8 cm³/mol. The summed E-state index contributed by atoms with van der Waals surface area (Å²) < 4.78 is 5.91. The minimum atomic E-state index is 0.992. The molecule has 0 bridgehead atoms. The molecule has 0 N–H and O–H groups in total. The topological polar surface area (TPSA) is 13.1 Å². The van der Waals surface area contributed by atoms with Crippen molar-refractivity contribution in [2.45, 2.75) is 33.1 Å². The molecule has 0 saturated heterocycles. The van der Waals surface area contributed by atoms with Crippen LogP contribution in [0.2, 0.25) is 0 Å². The van der Waals surface area contributed by atoms with Crippen molar-refractivity contribution in [3.63, 3.8) is 0 Å². The number of hydrogen-bond acceptors (Lipinski definition) is 1. The maximum absolute atomic E-state index is 5.91. The summed E-state index contributed by atoms with van der Waals surface area (Å²) in [6.07, 6.45) is 5.10. The van der Waals surface area contributed by atoms with Gasteiger partial charge in [-0.1, -0.05) is 36.4 Å². The third kappa shape index (κ3) is 2.56. The molecule has 1 nitrogen and oxygen atoms in total. The Morgan fingerprint density at radius 1 is 1.17 bits per heavy atom. The van der Waals surface area contributed by atoms with Crippen LogP contribution >= 0.6 is 0 Å². The molecule has 1 heteroatoms. The molecule has 0 aliphatic heterocycles. The summed E-state index contributed by atoms with van der Waals surface area (Å²) in [6, 6.07) is 10.5. The number of aryl methyl sites for hydroxylation is 2. The summed E-state index contributed by atoms with van der Waals surface area (Å²) >= 11 is 0. The van der Waals surface area contributed by atoms with E-state index in [4.69, 9.17) is 4.42 Å². The Hall–Kier alpha value is -1.76. The van der Waals surface area contributed by atoms with E-state index in [0.29, 0.717) is 0 Å². The summed E-state index contributed by atoms with van der Waals surface area (Å²) in [4.78, 5) is 0. The second-order valence-corrected chi connectivity index (χ2v) is 4.63. The fraction of sp³-hybridized carbons (Fsp3) is 0.294. The quantitative estimate of drug-likeness (QED) is 0.525. The predicted octanol–water partition coefficient (Wildman–Crippen LogP) is 5.07. The lowest BCUT2D eigenvalue weighted by Crippen LogP contribution is -1.86. The van der Waals surface area contributed by atoms with Crippen molar-refractivity contribution in [1.29, 1.82) is 0 Å². The van der Waals surface area contributed by atoms with Crippen molar-refractivity contribution in [1.82, 2.24) is 0 Å². The fourth-order valence-corrected chi connectivity index (χ4v) is 2.39. The highest BCUT2D eigenvalue weighted by atomic mass is 16.3. The highest BCUT2D eigenvalue weighted by Gasteiger charge is 2.14. The van der Waals surface area contributed by atoms with Crippen LogP contribution in [0.15, 0.2) is 47.4 Å². The highest BCUT2D eigenvalue weighted by Crippen LogP contribution is 2.32. The maximum atomic E-state index is 5.91. The molecule has 2 aromatic rings. The zero-order valence-corrected chi connectivity index (χ0v) is 11.2. The second-order valence-electron chi connectivity index (χ2n) is 4.63. The van der Waals surface area contributed by atoms with E-state index in [9.17, 15) is 0 Å². The van der Waals surface area contributed by atoms with Crippen LogP contribution in [-0.2, 0) is 6.42 Å². The lowest BCUT2D eigenvalue weighted by Gasteiger charge is -2.01. The molecule has 0 atom stereocenters. The summed E-state index contributed by atoms with van der Waals surface area (Å²) in [5, 5.41) is 0. The molecule has 0 radical (unpaired) electrons. The van der Waals surface area contributed by atoms with Crippen LogP contribution in [-0.4, -0.2) is 0 Å². The number of benzene rings is 1. The van der Waals surface area contributed by atoms with E-state index in [-0.39, 0.29) is 0 Å². The van der Waals surface area contributed by atoms with E-state index < -0.39 is 0 Å². The maximum Gasteiger partial charge on any atom is 0.109 e. The van der Waals surface area contributed by atoms with Crippen LogP contribution in [0.25, 0.3) is 11.1 Å². The van der Waals surface area contributed by atoms with Gasteiger partial charge in [0.2, 0.25) is 0 Å². The van der Waals surface area contributed by atoms with Crippen LogP contribution in [0.5, 0.6) is 0 Å². The summed E-state index contributed by atoms with van der Waals surface area (Å²) in [6.45, 7) is 7.96. The van der Waals surface area contributed by atoms with Gasteiger partial charge < -0.3 is 4.42 Å². The smallest absolute Gasteiger partial charge is 0.109 e. The van der Waals surface area contributed by atoms with Crippen molar-refractivity contribution in [2.24, 2.45) is 0 Å². The molecule has 1 aromatic carbocycles. The van der Waals surface area contributed by atoms with E-state index in [2.05, 4.69) is 37.8 Å². The number of furan rings is 1. The standard InChI is InChI=1S/C17H20O/c1-4-5-7-12-16-13(2)17(14(3)18-16)15-10-8-6-9-11-15/h4,6,8-11H,1,5,7,12H2,2-3H3. The third-order valence-electron chi connectivity index (χ3n) is 3.30. The van der Waals surface area contributed by atoms with Crippen molar-refractivity contribution >= 4 is 0 Å². The van der Waals surface area contributed by atoms with Gasteiger partial charge in [-0.15, -0.1) is 6.58 Å². The Morgan fingerprint density at radius 2 is 1.89 bits per heavy atom.